The first-order valence-electron chi connectivity index (χ1n) is 13.8. The Hall–Kier alpha value is -2.20. The summed E-state index contributed by atoms with van der Waals surface area (Å²) >= 11 is 1.27. The van der Waals surface area contributed by atoms with Crippen LogP contribution in [0.1, 0.15) is 66.5 Å². The molecular formula is C37H44Cl2HfO2-2. The Morgan fingerprint density at radius 2 is 1.19 bits per heavy atom. The largest absolute Gasteiger partial charge is 1.00 e. The van der Waals surface area contributed by atoms with Crippen molar-refractivity contribution >= 4 is 24.8 Å². The first-order valence-corrected chi connectivity index (χ1v) is 15.6. The maximum Gasteiger partial charge on any atom is -1.00 e. The molecule has 0 heterocycles. The van der Waals surface area contributed by atoms with Gasteiger partial charge in [-0.15, -0.1) is 51.4 Å². The number of fused-ring (bicyclic) bond motifs is 3. The van der Waals surface area contributed by atoms with Gasteiger partial charge in [-0.3, -0.25) is 0 Å². The molecule has 224 valence electrons. The molecule has 0 aliphatic rings. The molecule has 42 heavy (non-hydrogen) atoms. The van der Waals surface area contributed by atoms with Crippen LogP contribution < -0.4 is 34.3 Å². The number of benzene rings is 3. The maximum atomic E-state index is 5.37. The fourth-order valence-electron chi connectivity index (χ4n) is 4.62. The van der Waals surface area contributed by atoms with Gasteiger partial charge in [0, 0.05) is 0 Å². The van der Waals surface area contributed by atoms with Gasteiger partial charge in [-0.2, -0.15) is 18.2 Å². The number of rotatable bonds is 3. The van der Waals surface area contributed by atoms with Crippen LogP contribution in [0.25, 0.3) is 32.7 Å². The van der Waals surface area contributed by atoms with Gasteiger partial charge in [0.1, 0.15) is 5.75 Å². The van der Waals surface area contributed by atoms with Crippen LogP contribution in [0, 0.1) is 0 Å². The monoisotopic (exact) mass is 770 g/mol. The van der Waals surface area contributed by atoms with E-state index in [4.69, 9.17) is 9.47 Å². The van der Waals surface area contributed by atoms with Crippen LogP contribution in [0.5, 0.6) is 11.5 Å². The average Bonchev–Trinajstić information content (AvgIpc) is 3.54. The molecule has 0 bridgehead atoms. The van der Waals surface area contributed by atoms with Crippen molar-refractivity contribution in [2.45, 2.75) is 66.2 Å². The van der Waals surface area contributed by atoms with Crippen molar-refractivity contribution in [3.63, 3.8) is 0 Å². The Bertz CT molecular complexity index is 1490. The number of halogens is 2. The third-order valence-corrected chi connectivity index (χ3v) is 6.81. The zero-order valence-corrected chi connectivity index (χ0v) is 31.8. The van der Waals surface area contributed by atoms with Gasteiger partial charge in [-0.25, -0.2) is 0 Å². The summed E-state index contributed by atoms with van der Waals surface area (Å²) in [5.41, 5.74) is 5.41. The number of hydrogen-bond acceptors (Lipinski definition) is 2. The molecule has 0 fully saturated rings. The van der Waals surface area contributed by atoms with Gasteiger partial charge < -0.3 is 34.3 Å². The molecule has 0 saturated heterocycles. The van der Waals surface area contributed by atoms with Gasteiger partial charge in [0.25, 0.3) is 0 Å². The molecule has 5 aromatic carbocycles. The Morgan fingerprint density at radius 3 is 1.57 bits per heavy atom. The summed E-state index contributed by atoms with van der Waals surface area (Å²) in [6.07, 6.45) is 0. The molecule has 5 rings (SSSR count). The number of para-hydroxylation sites is 1. The summed E-state index contributed by atoms with van der Waals surface area (Å²) in [5, 5.41) is 5.48. The molecule has 0 amide bonds. The van der Waals surface area contributed by atoms with E-state index >= 15 is 0 Å². The van der Waals surface area contributed by atoms with E-state index in [-0.39, 0.29) is 35.6 Å². The van der Waals surface area contributed by atoms with E-state index in [0.29, 0.717) is 0 Å². The molecule has 2 nitrogen and oxygen atoms in total. The second-order valence-electron chi connectivity index (χ2n) is 12.5. The fraction of sp³-hybridized carbons (Fsp3) is 0.324. The van der Waals surface area contributed by atoms with Crippen LogP contribution in [-0.4, -0.2) is 17.5 Å². The number of hydrogen-bond donors (Lipinski definition) is 0. The summed E-state index contributed by atoms with van der Waals surface area (Å²) in [6.45, 7) is 17.9. The molecule has 0 aliphatic carbocycles. The van der Waals surface area contributed by atoms with Crippen molar-refractivity contribution in [1.29, 1.82) is 0 Å². The van der Waals surface area contributed by atoms with E-state index in [2.05, 4.69) is 110 Å². The molecule has 0 saturated carbocycles. The van der Waals surface area contributed by atoms with E-state index in [1.165, 1.54) is 56.6 Å². The van der Waals surface area contributed by atoms with Gasteiger partial charge in [0.2, 0.25) is 0 Å². The van der Waals surface area contributed by atoms with Crippen molar-refractivity contribution in [3.8, 4) is 22.6 Å². The number of ether oxygens (including phenoxy) is 2. The van der Waals surface area contributed by atoms with Crippen molar-refractivity contribution in [2.24, 2.45) is 0 Å². The first-order chi connectivity index (χ1) is 18.8. The Kier molecular flexibility index (Phi) is 14.4. The van der Waals surface area contributed by atoms with Gasteiger partial charge >= 0.3 is 41.0 Å². The van der Waals surface area contributed by atoms with Crippen molar-refractivity contribution in [3.05, 3.63) is 96.1 Å². The SMILES string of the molecule is CC(C)(C)c1ccc2c(c1)[cH-]c1cc(C(C)(C)C)ccc12.COc1cccc(-c2ccc[cH-]2)c1OC.C[C](C)=[Hf+2].[Cl-].[Cl-]. The third kappa shape index (κ3) is 9.66. The molecular weight excluding hydrogens is 726 g/mol. The summed E-state index contributed by atoms with van der Waals surface area (Å²) in [4.78, 5) is 0. The summed E-state index contributed by atoms with van der Waals surface area (Å²) in [7, 11) is 3.30. The normalized spacial score (nSPS) is 10.9. The molecule has 5 heteroatoms. The third-order valence-electron chi connectivity index (χ3n) is 6.81. The molecule has 0 N–H and O–H groups in total. The van der Waals surface area contributed by atoms with Crippen LogP contribution in [-0.2, 0) is 34.7 Å². The molecule has 0 atom stereocenters. The van der Waals surface area contributed by atoms with Crippen LogP contribution in [0.4, 0.5) is 0 Å². The molecule has 0 spiro atoms. The Balaban J connectivity index is 0.000000371. The zero-order chi connectivity index (χ0) is 29.7. The predicted octanol–water partition coefficient (Wildman–Crippen LogP) is 4.15. The molecule has 0 radical (unpaired) electrons. The topological polar surface area (TPSA) is 18.5 Å². The van der Waals surface area contributed by atoms with Crippen LogP contribution >= 0.6 is 0 Å². The van der Waals surface area contributed by atoms with Gasteiger partial charge in [-0.05, 0) is 16.9 Å². The summed E-state index contributed by atoms with van der Waals surface area (Å²) in [5.74, 6) is 1.54. The van der Waals surface area contributed by atoms with Gasteiger partial charge in [0.15, 0.2) is 5.75 Å². The van der Waals surface area contributed by atoms with Gasteiger partial charge in [0.05, 0.1) is 14.2 Å². The smallest absolute Gasteiger partial charge is 1.00 e. The van der Waals surface area contributed by atoms with E-state index in [0.717, 1.165) is 22.6 Å². The number of methoxy groups -OCH3 is 2. The Morgan fingerprint density at radius 1 is 0.690 bits per heavy atom. The summed E-state index contributed by atoms with van der Waals surface area (Å²) < 4.78 is 12.2. The van der Waals surface area contributed by atoms with E-state index < -0.39 is 0 Å². The minimum absolute atomic E-state index is 0. The summed E-state index contributed by atoms with van der Waals surface area (Å²) in [6, 6.07) is 30.2. The first kappa shape index (κ1) is 37.8. The van der Waals surface area contributed by atoms with Crippen molar-refractivity contribution in [2.75, 3.05) is 14.2 Å². The second-order valence-corrected chi connectivity index (χ2v) is 16.1. The van der Waals surface area contributed by atoms with E-state index in [9.17, 15) is 0 Å². The van der Waals surface area contributed by atoms with Crippen molar-refractivity contribution < 1.29 is 58.2 Å². The standard InChI is InChI=1S/C21H25.C13H13O2.C3H6.2ClH.Hf/c1-20(2,3)16-7-9-18-14(12-16)11-15-13-17(21(4,5)6)8-10-19(15)18;1-14-12-9-5-8-11(13(12)15-2)10-6-3-4-7-10;1-3-2;;;/h7-13H,1-6H3;3-9H,1-2H3;1-2H3;2*1H;/q2*-1;;;;+2/p-2. The fourth-order valence-corrected chi connectivity index (χ4v) is 4.62. The molecule has 0 unspecified atom stereocenters. The van der Waals surface area contributed by atoms with Gasteiger partial charge in [-0.1, -0.05) is 94.6 Å². The van der Waals surface area contributed by atoms with E-state index in [1.807, 2.05) is 30.3 Å². The maximum absolute atomic E-state index is 5.37. The Labute approximate surface area is 280 Å². The van der Waals surface area contributed by atoms with Crippen LogP contribution in [0.3, 0.4) is 0 Å². The molecule has 0 aliphatic heterocycles. The molecule has 5 aromatic rings. The quantitative estimate of drug-likeness (QED) is 0.203. The minimum atomic E-state index is 0. The van der Waals surface area contributed by atoms with E-state index in [1.54, 1.807) is 17.5 Å². The average molecular weight is 770 g/mol. The second kappa shape index (κ2) is 16.0. The zero-order valence-electron chi connectivity index (χ0n) is 26.7. The van der Waals surface area contributed by atoms with Crippen LogP contribution in [0.15, 0.2) is 84.9 Å². The van der Waals surface area contributed by atoms with Crippen molar-refractivity contribution in [1.82, 2.24) is 0 Å². The van der Waals surface area contributed by atoms with Crippen LogP contribution in [0.2, 0.25) is 0 Å². The minimum Gasteiger partial charge on any atom is -1.00 e. The predicted molar refractivity (Wildman–Crippen MR) is 171 cm³/mol. The molecule has 0 aromatic heterocycles.